The number of aliphatic hydroxyl groups is 3. The fourth-order valence-electron chi connectivity index (χ4n) is 3.73. The minimum atomic E-state index is -1.05. The maximum Gasteiger partial charge on any atom is 0.105 e. The number of rotatable bonds is 1. The maximum absolute atomic E-state index is 10.7. The highest BCUT2D eigenvalue weighted by molar-refractivity contribution is 5.34. The number of fused-ring (bicyclic) bond motifs is 1. The Labute approximate surface area is 110 Å². The Morgan fingerprint density at radius 1 is 1.17 bits per heavy atom. The van der Waals surface area contributed by atoms with Crippen LogP contribution >= 0.6 is 0 Å². The van der Waals surface area contributed by atoms with Crippen molar-refractivity contribution in [1.29, 1.82) is 0 Å². The van der Waals surface area contributed by atoms with Crippen LogP contribution in [0.4, 0.5) is 0 Å². The lowest BCUT2D eigenvalue weighted by Crippen LogP contribution is -2.56. The summed E-state index contributed by atoms with van der Waals surface area (Å²) in [6, 6.07) is 0. The second-order valence-corrected chi connectivity index (χ2v) is 6.76. The molecular formula is C15H26O3. The lowest BCUT2D eigenvalue weighted by Gasteiger charge is -2.52. The van der Waals surface area contributed by atoms with Crippen LogP contribution in [-0.2, 0) is 0 Å². The van der Waals surface area contributed by atoms with Crippen molar-refractivity contribution in [2.24, 2.45) is 11.3 Å². The van der Waals surface area contributed by atoms with Crippen LogP contribution in [0.3, 0.4) is 0 Å². The van der Waals surface area contributed by atoms with Crippen LogP contribution in [0, 0.1) is 11.3 Å². The molecule has 2 rings (SSSR count). The van der Waals surface area contributed by atoms with Crippen LogP contribution in [-0.4, -0.2) is 33.1 Å². The molecule has 2 aliphatic carbocycles. The Hall–Kier alpha value is -0.380. The highest BCUT2D eigenvalue weighted by Crippen LogP contribution is 2.53. The van der Waals surface area contributed by atoms with Gasteiger partial charge in [-0.25, -0.2) is 0 Å². The minimum Gasteiger partial charge on any atom is -0.389 e. The standard InChI is InChI=1S/C15H26O3/c1-9(2)15(18)8-7-14(4)6-5-11(16)10(3)12(14)13(15)17/h9,11,13,16-18H,5-8H2,1-4H3. The molecule has 18 heavy (non-hydrogen) atoms. The summed E-state index contributed by atoms with van der Waals surface area (Å²) in [6.45, 7) is 7.94. The number of hydrogen-bond acceptors (Lipinski definition) is 3. The second-order valence-electron chi connectivity index (χ2n) is 6.76. The molecule has 4 atom stereocenters. The Morgan fingerprint density at radius 2 is 1.78 bits per heavy atom. The average Bonchev–Trinajstić information content (AvgIpc) is 2.30. The largest absolute Gasteiger partial charge is 0.389 e. The Balaban J connectivity index is 2.47. The zero-order chi connectivity index (χ0) is 13.7. The maximum atomic E-state index is 10.7. The molecule has 104 valence electrons. The fourth-order valence-corrected chi connectivity index (χ4v) is 3.73. The van der Waals surface area contributed by atoms with E-state index in [2.05, 4.69) is 6.92 Å². The summed E-state index contributed by atoms with van der Waals surface area (Å²) < 4.78 is 0. The molecule has 3 nitrogen and oxygen atoms in total. The van der Waals surface area contributed by atoms with E-state index >= 15 is 0 Å². The van der Waals surface area contributed by atoms with Gasteiger partial charge in [0.2, 0.25) is 0 Å². The first-order valence-corrected chi connectivity index (χ1v) is 7.02. The van der Waals surface area contributed by atoms with E-state index in [1.54, 1.807) is 0 Å². The van der Waals surface area contributed by atoms with Gasteiger partial charge in [-0.3, -0.25) is 0 Å². The summed E-state index contributed by atoms with van der Waals surface area (Å²) >= 11 is 0. The smallest absolute Gasteiger partial charge is 0.105 e. The van der Waals surface area contributed by atoms with Crippen molar-refractivity contribution in [2.75, 3.05) is 0 Å². The molecule has 0 spiro atoms. The van der Waals surface area contributed by atoms with Gasteiger partial charge in [-0.1, -0.05) is 20.8 Å². The van der Waals surface area contributed by atoms with Gasteiger partial charge in [0, 0.05) is 0 Å². The average molecular weight is 254 g/mol. The van der Waals surface area contributed by atoms with Gasteiger partial charge in [-0.2, -0.15) is 0 Å². The molecular weight excluding hydrogens is 228 g/mol. The molecule has 0 amide bonds. The zero-order valence-electron chi connectivity index (χ0n) is 11.9. The van der Waals surface area contributed by atoms with E-state index in [1.165, 1.54) is 0 Å². The fraction of sp³-hybridized carbons (Fsp3) is 0.867. The van der Waals surface area contributed by atoms with Crippen molar-refractivity contribution >= 4 is 0 Å². The predicted octanol–water partition coefficient (Wildman–Crippen LogP) is 2.01. The van der Waals surface area contributed by atoms with E-state index in [1.807, 2.05) is 20.8 Å². The van der Waals surface area contributed by atoms with Gasteiger partial charge in [-0.15, -0.1) is 0 Å². The van der Waals surface area contributed by atoms with E-state index < -0.39 is 17.8 Å². The first-order valence-electron chi connectivity index (χ1n) is 7.02. The summed E-state index contributed by atoms with van der Waals surface area (Å²) in [5.41, 5.74) is 0.663. The van der Waals surface area contributed by atoms with Crippen molar-refractivity contribution in [3.63, 3.8) is 0 Å². The molecule has 0 heterocycles. The molecule has 3 N–H and O–H groups in total. The van der Waals surface area contributed by atoms with Crippen LogP contribution in [0.1, 0.15) is 53.4 Å². The number of aliphatic hydroxyl groups excluding tert-OH is 2. The Bertz CT molecular complexity index is 374. The molecule has 0 aromatic rings. The van der Waals surface area contributed by atoms with Crippen LogP contribution in [0.25, 0.3) is 0 Å². The molecule has 0 aromatic heterocycles. The van der Waals surface area contributed by atoms with Crippen molar-refractivity contribution in [1.82, 2.24) is 0 Å². The molecule has 1 fully saturated rings. The van der Waals surface area contributed by atoms with Crippen molar-refractivity contribution in [3.8, 4) is 0 Å². The minimum absolute atomic E-state index is 0.0106. The molecule has 1 saturated carbocycles. The molecule has 4 unspecified atom stereocenters. The van der Waals surface area contributed by atoms with Gasteiger partial charge in [0.1, 0.15) is 6.10 Å². The van der Waals surface area contributed by atoms with E-state index in [4.69, 9.17) is 0 Å². The van der Waals surface area contributed by atoms with E-state index in [0.717, 1.165) is 30.4 Å². The predicted molar refractivity (Wildman–Crippen MR) is 71.1 cm³/mol. The monoisotopic (exact) mass is 254 g/mol. The van der Waals surface area contributed by atoms with Gasteiger partial charge < -0.3 is 15.3 Å². The molecule has 0 bridgehead atoms. The van der Waals surface area contributed by atoms with Gasteiger partial charge >= 0.3 is 0 Å². The Kier molecular flexibility index (Phi) is 3.37. The molecule has 0 aliphatic heterocycles. The zero-order valence-corrected chi connectivity index (χ0v) is 11.9. The van der Waals surface area contributed by atoms with E-state index in [-0.39, 0.29) is 11.3 Å². The van der Waals surface area contributed by atoms with Gasteiger partial charge in [0.25, 0.3) is 0 Å². The highest BCUT2D eigenvalue weighted by Gasteiger charge is 2.52. The van der Waals surface area contributed by atoms with Crippen LogP contribution in [0.15, 0.2) is 11.1 Å². The normalized spacial score (nSPS) is 45.3. The third-order valence-corrected chi connectivity index (χ3v) is 5.37. The summed E-state index contributed by atoms with van der Waals surface area (Å²) in [7, 11) is 0. The summed E-state index contributed by atoms with van der Waals surface area (Å²) in [6.07, 6.45) is 1.88. The SMILES string of the molecule is CC1=C2C(O)C(O)(C(C)C)CCC2(C)CCC1O. The molecule has 2 aliphatic rings. The van der Waals surface area contributed by atoms with Crippen LogP contribution in [0.5, 0.6) is 0 Å². The van der Waals surface area contributed by atoms with Crippen LogP contribution in [0.2, 0.25) is 0 Å². The first kappa shape index (κ1) is 14.0. The molecule has 0 saturated heterocycles. The second kappa shape index (κ2) is 4.32. The van der Waals surface area contributed by atoms with Crippen molar-refractivity contribution < 1.29 is 15.3 Å². The lowest BCUT2D eigenvalue weighted by atomic mass is 9.57. The molecule has 0 radical (unpaired) electrons. The molecule has 3 heteroatoms. The van der Waals surface area contributed by atoms with Crippen molar-refractivity contribution in [3.05, 3.63) is 11.1 Å². The van der Waals surface area contributed by atoms with E-state index in [0.29, 0.717) is 6.42 Å². The lowest BCUT2D eigenvalue weighted by molar-refractivity contribution is -0.127. The van der Waals surface area contributed by atoms with Crippen LogP contribution < -0.4 is 0 Å². The topological polar surface area (TPSA) is 60.7 Å². The van der Waals surface area contributed by atoms with Crippen molar-refractivity contribution in [2.45, 2.75) is 71.2 Å². The molecule has 0 aromatic carbocycles. The Morgan fingerprint density at radius 3 is 2.33 bits per heavy atom. The first-order chi connectivity index (χ1) is 8.22. The summed E-state index contributed by atoms with van der Waals surface area (Å²) in [4.78, 5) is 0. The third kappa shape index (κ3) is 1.84. The van der Waals surface area contributed by atoms with E-state index in [9.17, 15) is 15.3 Å². The summed E-state index contributed by atoms with van der Waals surface area (Å²) in [5, 5.41) is 31.3. The number of hydrogen-bond donors (Lipinski definition) is 3. The van der Waals surface area contributed by atoms with Gasteiger partial charge in [-0.05, 0) is 55.1 Å². The third-order valence-electron chi connectivity index (χ3n) is 5.37. The van der Waals surface area contributed by atoms with Gasteiger partial charge in [0.05, 0.1) is 11.7 Å². The summed E-state index contributed by atoms with van der Waals surface area (Å²) in [5.74, 6) is 0.0106. The highest BCUT2D eigenvalue weighted by atomic mass is 16.3. The quantitative estimate of drug-likeness (QED) is 0.627. The van der Waals surface area contributed by atoms with Gasteiger partial charge in [0.15, 0.2) is 0 Å².